The largest absolute Gasteiger partial charge is 0.460 e. The molecule has 0 saturated heterocycles. The van der Waals surface area contributed by atoms with Gasteiger partial charge < -0.3 is 0 Å². The number of allylic oxidation sites excluding steroid dienone is 4. The zero-order valence-electron chi connectivity index (χ0n) is 10.5. The number of rotatable bonds is 5. The lowest BCUT2D eigenvalue weighted by Crippen LogP contribution is -2.66. The summed E-state index contributed by atoms with van der Waals surface area (Å²) in [6.45, 7) is 0. The molecular formula is C11H5F12. The van der Waals surface area contributed by atoms with E-state index in [0.717, 1.165) is 6.08 Å². The van der Waals surface area contributed by atoms with Gasteiger partial charge in [0.05, 0.1) is 0 Å². The molecule has 1 atom stereocenters. The Kier molecular flexibility index (Phi) is 4.56. The van der Waals surface area contributed by atoms with Crippen molar-refractivity contribution in [2.75, 3.05) is 0 Å². The maximum atomic E-state index is 13.4. The molecule has 0 saturated carbocycles. The van der Waals surface area contributed by atoms with Gasteiger partial charge >= 0.3 is 29.9 Å². The lowest BCUT2D eigenvalue weighted by molar-refractivity contribution is -0.408. The minimum atomic E-state index is -7.45. The van der Waals surface area contributed by atoms with Crippen molar-refractivity contribution < 1.29 is 52.7 Å². The van der Waals surface area contributed by atoms with Gasteiger partial charge in [-0.2, -0.15) is 48.3 Å². The van der Waals surface area contributed by atoms with Gasteiger partial charge in [-0.3, -0.25) is 0 Å². The summed E-state index contributed by atoms with van der Waals surface area (Å²) in [4.78, 5) is 0. The van der Waals surface area contributed by atoms with Crippen molar-refractivity contribution in [3.63, 3.8) is 0 Å². The molecule has 1 unspecified atom stereocenters. The minimum absolute atomic E-state index is 0.308. The van der Waals surface area contributed by atoms with E-state index < -0.39 is 48.0 Å². The maximum absolute atomic E-state index is 13.4. The van der Waals surface area contributed by atoms with Gasteiger partial charge in [-0.25, -0.2) is 4.39 Å². The predicted octanol–water partition coefficient (Wildman–Crippen LogP) is 5.12. The second-order valence-corrected chi connectivity index (χ2v) is 4.45. The molecule has 0 amide bonds. The molecule has 0 spiro atoms. The Morgan fingerprint density at radius 3 is 1.65 bits per heavy atom. The highest BCUT2D eigenvalue weighted by molar-refractivity contribution is 5.31. The Hall–Kier alpha value is -1.36. The molecule has 12 heteroatoms. The second-order valence-electron chi connectivity index (χ2n) is 4.45. The molecule has 0 aliphatic heterocycles. The molecule has 1 aliphatic carbocycles. The van der Waals surface area contributed by atoms with Crippen molar-refractivity contribution in [1.29, 1.82) is 0 Å². The first-order valence-corrected chi connectivity index (χ1v) is 5.51. The number of hydrogen-bond donors (Lipinski definition) is 0. The average molecular weight is 365 g/mol. The molecule has 1 rings (SSSR count). The van der Waals surface area contributed by atoms with E-state index in [0.29, 0.717) is 6.08 Å². The van der Waals surface area contributed by atoms with Crippen LogP contribution < -0.4 is 0 Å². The summed E-state index contributed by atoms with van der Waals surface area (Å²) in [7, 11) is 0. The minimum Gasteiger partial charge on any atom is -0.233 e. The topological polar surface area (TPSA) is 0 Å². The quantitative estimate of drug-likeness (QED) is 0.594. The van der Waals surface area contributed by atoms with Gasteiger partial charge in [0.2, 0.25) is 6.17 Å². The van der Waals surface area contributed by atoms with Crippen LogP contribution in [0, 0.1) is 6.08 Å². The Bertz CT molecular complexity index is 510. The molecule has 1 radical (unpaired) electrons. The number of hydrogen-bond acceptors (Lipinski definition) is 0. The number of halogens is 12. The SMILES string of the molecule is FC(C(F)(F)C1=[C]CC=C1)C(F)(F)C(F)(F)C(F)(F)C(F)(F)F. The molecule has 133 valence electrons. The van der Waals surface area contributed by atoms with Crippen LogP contribution in [0.1, 0.15) is 6.42 Å². The molecule has 0 N–H and O–H groups in total. The van der Waals surface area contributed by atoms with Crippen LogP contribution in [0.3, 0.4) is 0 Å². The third kappa shape index (κ3) is 2.80. The van der Waals surface area contributed by atoms with Crippen molar-refractivity contribution in [3.8, 4) is 0 Å². The van der Waals surface area contributed by atoms with Crippen LogP contribution in [0.25, 0.3) is 0 Å². The molecule has 0 heterocycles. The normalized spacial score (nSPS) is 19.0. The second kappa shape index (κ2) is 5.33. The lowest BCUT2D eigenvalue weighted by atomic mass is 9.93. The number of alkyl halides is 12. The van der Waals surface area contributed by atoms with Gasteiger partial charge in [-0.15, -0.1) is 0 Å². The highest BCUT2D eigenvalue weighted by Crippen LogP contribution is 2.56. The van der Waals surface area contributed by atoms with E-state index in [1.54, 1.807) is 6.08 Å². The molecular weight excluding hydrogens is 360 g/mol. The van der Waals surface area contributed by atoms with E-state index in [-0.39, 0.29) is 0 Å². The summed E-state index contributed by atoms with van der Waals surface area (Å²) < 4.78 is 153. The fraction of sp³-hybridized carbons (Fsp3) is 0.636. The standard InChI is InChI=1S/C11H5F12/c12-6(7(13,14)5-3-1-2-4-5)8(15,16)9(17,18)10(19,20)11(21,22)23/h1,3,6H,2H2. The van der Waals surface area contributed by atoms with E-state index in [9.17, 15) is 52.7 Å². The third-order valence-corrected chi connectivity index (χ3v) is 2.86. The van der Waals surface area contributed by atoms with Gasteiger partial charge in [0.15, 0.2) is 0 Å². The maximum Gasteiger partial charge on any atom is 0.460 e. The summed E-state index contributed by atoms with van der Waals surface area (Å²) in [6.07, 6.45) is -10.3. The van der Waals surface area contributed by atoms with Gasteiger partial charge in [0.1, 0.15) is 0 Å². The van der Waals surface area contributed by atoms with Crippen LogP contribution in [-0.4, -0.2) is 36.0 Å². The Morgan fingerprint density at radius 1 is 0.826 bits per heavy atom. The Morgan fingerprint density at radius 2 is 1.30 bits per heavy atom. The molecule has 0 fully saturated rings. The fourth-order valence-corrected chi connectivity index (χ4v) is 1.54. The van der Waals surface area contributed by atoms with Gasteiger partial charge in [0.25, 0.3) is 0 Å². The predicted molar refractivity (Wildman–Crippen MR) is 51.3 cm³/mol. The summed E-state index contributed by atoms with van der Waals surface area (Å²) in [5.41, 5.74) is -1.66. The summed E-state index contributed by atoms with van der Waals surface area (Å²) in [5, 5.41) is 0. The molecule has 0 aromatic carbocycles. The monoisotopic (exact) mass is 365 g/mol. The van der Waals surface area contributed by atoms with Gasteiger partial charge in [0, 0.05) is 5.57 Å². The summed E-state index contributed by atoms with van der Waals surface area (Å²) >= 11 is 0. The molecule has 0 aromatic rings. The van der Waals surface area contributed by atoms with E-state index in [4.69, 9.17) is 0 Å². The van der Waals surface area contributed by atoms with Crippen molar-refractivity contribution >= 4 is 0 Å². The van der Waals surface area contributed by atoms with Crippen LogP contribution in [0.5, 0.6) is 0 Å². The zero-order chi connectivity index (χ0) is 18.5. The van der Waals surface area contributed by atoms with E-state index >= 15 is 0 Å². The van der Waals surface area contributed by atoms with E-state index in [1.165, 1.54) is 0 Å². The first kappa shape index (κ1) is 19.7. The van der Waals surface area contributed by atoms with Crippen molar-refractivity contribution in [3.05, 3.63) is 23.8 Å². The molecule has 1 aliphatic rings. The average Bonchev–Trinajstić information content (AvgIpc) is 2.90. The Balaban J connectivity index is 3.31. The van der Waals surface area contributed by atoms with E-state index in [2.05, 4.69) is 0 Å². The van der Waals surface area contributed by atoms with Crippen LogP contribution in [0.15, 0.2) is 17.7 Å². The first-order chi connectivity index (χ1) is 10.0. The summed E-state index contributed by atoms with van der Waals surface area (Å²) in [6, 6.07) is 0. The van der Waals surface area contributed by atoms with Crippen LogP contribution in [0.4, 0.5) is 52.7 Å². The van der Waals surface area contributed by atoms with Crippen LogP contribution in [-0.2, 0) is 0 Å². The summed E-state index contributed by atoms with van der Waals surface area (Å²) in [5.74, 6) is -27.4. The molecule has 0 nitrogen and oxygen atoms in total. The van der Waals surface area contributed by atoms with Crippen LogP contribution >= 0.6 is 0 Å². The Labute approximate surface area is 120 Å². The molecule has 0 aromatic heterocycles. The zero-order valence-corrected chi connectivity index (χ0v) is 10.5. The van der Waals surface area contributed by atoms with Crippen molar-refractivity contribution in [2.45, 2.75) is 42.5 Å². The van der Waals surface area contributed by atoms with Crippen molar-refractivity contribution in [2.24, 2.45) is 0 Å². The highest BCUT2D eigenvalue weighted by atomic mass is 19.4. The third-order valence-electron chi connectivity index (χ3n) is 2.86. The molecule has 0 bridgehead atoms. The van der Waals surface area contributed by atoms with Gasteiger partial charge in [-0.05, 0) is 12.5 Å². The first-order valence-electron chi connectivity index (χ1n) is 5.51. The smallest absolute Gasteiger partial charge is 0.233 e. The van der Waals surface area contributed by atoms with Gasteiger partial charge in [-0.1, -0.05) is 12.2 Å². The fourth-order valence-electron chi connectivity index (χ4n) is 1.54. The lowest BCUT2D eigenvalue weighted by Gasteiger charge is -2.37. The molecule has 23 heavy (non-hydrogen) atoms. The van der Waals surface area contributed by atoms with E-state index in [1.807, 2.05) is 0 Å². The highest BCUT2D eigenvalue weighted by Gasteiger charge is 2.85. The van der Waals surface area contributed by atoms with Crippen molar-refractivity contribution in [1.82, 2.24) is 0 Å². The van der Waals surface area contributed by atoms with Crippen LogP contribution in [0.2, 0.25) is 0 Å².